The number of aryl methyl sites for hydroxylation is 1. The van der Waals surface area contributed by atoms with Gasteiger partial charge in [0, 0.05) is 33.9 Å². The molecule has 0 radical (unpaired) electrons. The van der Waals surface area contributed by atoms with Gasteiger partial charge in [-0.15, -0.1) is 0 Å². The lowest BCUT2D eigenvalue weighted by Crippen LogP contribution is -2.07. The Hall–Kier alpha value is -4.52. The second kappa shape index (κ2) is 9.15. The Morgan fingerprint density at radius 3 is 2.12 bits per heavy atom. The van der Waals surface area contributed by atoms with Gasteiger partial charge in [-0.05, 0) is 55.0 Å². The first kappa shape index (κ1) is 21.3. The Labute approximate surface area is 196 Å². The second-order valence-corrected chi connectivity index (χ2v) is 7.96. The number of non-ortho nitro benzene ring substituents is 1. The largest absolute Gasteiger partial charge is 0.492 e. The SMILES string of the molecule is Cc1cc([N+](=O)[O-])ccc1N=Nc1ccc(OCCn2c3ccccc3c3ccccc32)cc1. The van der Waals surface area contributed by atoms with Crippen LogP contribution >= 0.6 is 0 Å². The minimum atomic E-state index is -0.423. The maximum atomic E-state index is 10.9. The van der Waals surface area contributed by atoms with E-state index < -0.39 is 4.92 Å². The summed E-state index contributed by atoms with van der Waals surface area (Å²) in [6.45, 7) is 3.04. The van der Waals surface area contributed by atoms with E-state index in [1.807, 2.05) is 24.3 Å². The fourth-order valence-electron chi connectivity index (χ4n) is 4.09. The fraction of sp³-hybridized carbons (Fsp3) is 0.111. The van der Waals surface area contributed by atoms with Gasteiger partial charge < -0.3 is 9.30 Å². The number of fused-ring (bicyclic) bond motifs is 3. The predicted octanol–water partition coefficient (Wildman–Crippen LogP) is 7.51. The topological polar surface area (TPSA) is 82.0 Å². The fourth-order valence-corrected chi connectivity index (χ4v) is 4.09. The van der Waals surface area contributed by atoms with Gasteiger partial charge in [0.05, 0.1) is 22.8 Å². The van der Waals surface area contributed by atoms with Crippen LogP contribution < -0.4 is 4.74 Å². The Morgan fingerprint density at radius 1 is 0.853 bits per heavy atom. The summed E-state index contributed by atoms with van der Waals surface area (Å²) in [5.41, 5.74) is 4.40. The molecular weight excluding hydrogens is 428 g/mol. The molecule has 0 fully saturated rings. The van der Waals surface area contributed by atoms with E-state index in [0.29, 0.717) is 23.5 Å². The van der Waals surface area contributed by atoms with E-state index in [1.165, 1.54) is 33.9 Å². The zero-order chi connectivity index (χ0) is 23.5. The van der Waals surface area contributed by atoms with Crippen molar-refractivity contribution in [3.63, 3.8) is 0 Å². The van der Waals surface area contributed by atoms with E-state index in [0.717, 1.165) is 12.3 Å². The molecular formula is C27H22N4O3. The van der Waals surface area contributed by atoms with E-state index >= 15 is 0 Å². The highest BCUT2D eigenvalue weighted by Gasteiger charge is 2.10. The number of ether oxygens (including phenoxy) is 1. The molecule has 0 aliphatic rings. The average molecular weight is 450 g/mol. The maximum Gasteiger partial charge on any atom is 0.269 e. The normalized spacial score (nSPS) is 11.4. The first-order chi connectivity index (χ1) is 16.6. The van der Waals surface area contributed by atoms with Crippen LogP contribution in [0, 0.1) is 17.0 Å². The van der Waals surface area contributed by atoms with E-state index in [4.69, 9.17) is 4.74 Å². The van der Waals surface area contributed by atoms with Gasteiger partial charge in [-0.1, -0.05) is 36.4 Å². The van der Waals surface area contributed by atoms with Gasteiger partial charge in [0.1, 0.15) is 12.4 Å². The lowest BCUT2D eigenvalue weighted by atomic mass is 10.2. The van der Waals surface area contributed by atoms with E-state index in [9.17, 15) is 10.1 Å². The van der Waals surface area contributed by atoms with Crippen LogP contribution in [0.4, 0.5) is 17.1 Å². The Morgan fingerprint density at radius 2 is 1.50 bits per heavy atom. The van der Waals surface area contributed by atoms with Crippen LogP contribution in [-0.2, 0) is 6.54 Å². The van der Waals surface area contributed by atoms with E-state index in [1.54, 1.807) is 13.0 Å². The average Bonchev–Trinajstić information content (AvgIpc) is 3.18. The number of aromatic nitrogens is 1. The van der Waals surface area contributed by atoms with Gasteiger partial charge in [-0.25, -0.2) is 0 Å². The molecule has 5 aromatic rings. The third kappa shape index (κ3) is 4.23. The standard InChI is InChI=1S/C27H22N4O3/c1-19-18-21(31(32)33)12-15-25(19)29-28-20-10-13-22(14-11-20)34-17-16-30-26-8-4-2-6-23(26)24-7-3-5-9-27(24)30/h2-15,18H,16-17H2,1H3. The van der Waals surface area contributed by atoms with Crippen molar-refractivity contribution in [2.45, 2.75) is 13.5 Å². The van der Waals surface area contributed by atoms with Crippen molar-refractivity contribution in [2.24, 2.45) is 10.2 Å². The molecule has 7 heteroatoms. The number of azo groups is 1. The van der Waals surface area contributed by atoms with Crippen LogP contribution in [0.3, 0.4) is 0 Å². The molecule has 4 aromatic carbocycles. The molecule has 1 aromatic heterocycles. The highest BCUT2D eigenvalue weighted by atomic mass is 16.6. The zero-order valence-corrected chi connectivity index (χ0v) is 18.6. The maximum absolute atomic E-state index is 10.9. The number of para-hydroxylation sites is 2. The molecule has 0 amide bonds. The lowest BCUT2D eigenvalue weighted by Gasteiger charge is -2.10. The Balaban J connectivity index is 1.25. The summed E-state index contributed by atoms with van der Waals surface area (Å²) in [5.74, 6) is 0.756. The van der Waals surface area contributed by atoms with Crippen molar-refractivity contribution in [3.05, 3.63) is 107 Å². The van der Waals surface area contributed by atoms with Crippen LogP contribution in [-0.4, -0.2) is 16.1 Å². The molecule has 168 valence electrons. The smallest absolute Gasteiger partial charge is 0.269 e. The first-order valence-corrected chi connectivity index (χ1v) is 11.0. The molecule has 0 N–H and O–H groups in total. The second-order valence-electron chi connectivity index (χ2n) is 7.96. The summed E-state index contributed by atoms with van der Waals surface area (Å²) < 4.78 is 8.28. The molecule has 0 atom stereocenters. The number of hydrogen-bond donors (Lipinski definition) is 0. The third-order valence-electron chi connectivity index (χ3n) is 5.76. The van der Waals surface area contributed by atoms with Crippen molar-refractivity contribution >= 4 is 38.9 Å². The van der Waals surface area contributed by atoms with Gasteiger partial charge in [-0.2, -0.15) is 10.2 Å². The molecule has 0 aliphatic heterocycles. The Bertz CT molecular complexity index is 1470. The highest BCUT2D eigenvalue weighted by molar-refractivity contribution is 6.07. The van der Waals surface area contributed by atoms with Crippen molar-refractivity contribution in [1.29, 1.82) is 0 Å². The third-order valence-corrected chi connectivity index (χ3v) is 5.76. The molecule has 0 spiro atoms. The molecule has 0 unspecified atom stereocenters. The van der Waals surface area contributed by atoms with Crippen LogP contribution in [0.25, 0.3) is 21.8 Å². The predicted molar refractivity (Wildman–Crippen MR) is 133 cm³/mol. The van der Waals surface area contributed by atoms with Crippen molar-refractivity contribution < 1.29 is 9.66 Å². The molecule has 1 heterocycles. The molecule has 0 saturated heterocycles. The van der Waals surface area contributed by atoms with Gasteiger partial charge in [0.15, 0.2) is 0 Å². The van der Waals surface area contributed by atoms with Crippen LogP contribution in [0.2, 0.25) is 0 Å². The van der Waals surface area contributed by atoms with Crippen molar-refractivity contribution in [2.75, 3.05) is 6.61 Å². The number of nitro groups is 1. The minimum Gasteiger partial charge on any atom is -0.492 e. The van der Waals surface area contributed by atoms with Crippen molar-refractivity contribution in [3.8, 4) is 5.75 Å². The highest BCUT2D eigenvalue weighted by Crippen LogP contribution is 2.29. The van der Waals surface area contributed by atoms with Crippen LogP contribution in [0.1, 0.15) is 5.56 Å². The molecule has 0 bridgehead atoms. The summed E-state index contributed by atoms with van der Waals surface area (Å²) in [6.07, 6.45) is 0. The van der Waals surface area contributed by atoms with Gasteiger partial charge in [0.25, 0.3) is 5.69 Å². The Kier molecular flexibility index (Phi) is 5.74. The van der Waals surface area contributed by atoms with Crippen LogP contribution in [0.15, 0.2) is 101 Å². The zero-order valence-electron chi connectivity index (χ0n) is 18.6. The number of rotatable bonds is 7. The molecule has 0 saturated carbocycles. The molecule has 5 rings (SSSR count). The monoisotopic (exact) mass is 450 g/mol. The molecule has 34 heavy (non-hydrogen) atoms. The van der Waals surface area contributed by atoms with Crippen molar-refractivity contribution in [1.82, 2.24) is 4.57 Å². The number of hydrogen-bond acceptors (Lipinski definition) is 5. The van der Waals surface area contributed by atoms with E-state index in [2.05, 4.69) is 63.3 Å². The molecule has 7 nitrogen and oxygen atoms in total. The number of nitrogens with zero attached hydrogens (tertiary/aromatic N) is 4. The number of nitro benzene ring substituents is 1. The van der Waals surface area contributed by atoms with Crippen LogP contribution in [0.5, 0.6) is 5.75 Å². The number of benzene rings is 4. The summed E-state index contributed by atoms with van der Waals surface area (Å²) in [5, 5.41) is 21.8. The first-order valence-electron chi connectivity index (χ1n) is 11.0. The van der Waals surface area contributed by atoms with Gasteiger partial charge >= 0.3 is 0 Å². The summed E-state index contributed by atoms with van der Waals surface area (Å²) in [4.78, 5) is 10.4. The quantitative estimate of drug-likeness (QED) is 0.146. The van der Waals surface area contributed by atoms with E-state index in [-0.39, 0.29) is 5.69 Å². The lowest BCUT2D eigenvalue weighted by molar-refractivity contribution is -0.384. The summed E-state index contributed by atoms with van der Waals surface area (Å²) in [6, 6.07) is 28.8. The minimum absolute atomic E-state index is 0.0406. The van der Waals surface area contributed by atoms with Gasteiger partial charge in [0.2, 0.25) is 0 Å². The summed E-state index contributed by atoms with van der Waals surface area (Å²) >= 11 is 0. The molecule has 0 aliphatic carbocycles. The van der Waals surface area contributed by atoms with Gasteiger partial charge in [-0.3, -0.25) is 10.1 Å². The summed E-state index contributed by atoms with van der Waals surface area (Å²) in [7, 11) is 0.